The summed E-state index contributed by atoms with van der Waals surface area (Å²) in [5, 5.41) is 9.84. The fourth-order valence-corrected chi connectivity index (χ4v) is 2.18. The lowest BCUT2D eigenvalue weighted by Gasteiger charge is -2.34. The molecule has 2 rings (SSSR count). The van der Waals surface area contributed by atoms with E-state index in [2.05, 4.69) is 0 Å². The second-order valence-electron chi connectivity index (χ2n) is 4.00. The molecular weight excluding hydrogens is 272 g/mol. The van der Waals surface area contributed by atoms with Gasteiger partial charge in [-0.05, 0) is 12.1 Å². The Morgan fingerprint density at radius 3 is 2.58 bits per heavy atom. The van der Waals surface area contributed by atoms with Crippen molar-refractivity contribution < 1.29 is 24.2 Å². The van der Waals surface area contributed by atoms with Gasteiger partial charge in [0.2, 0.25) is 5.78 Å². The summed E-state index contributed by atoms with van der Waals surface area (Å²) in [6.45, 7) is 0. The monoisotopic (exact) mass is 282 g/mol. The van der Waals surface area contributed by atoms with Crippen LogP contribution in [-0.2, 0) is 14.3 Å². The lowest BCUT2D eigenvalue weighted by atomic mass is 9.82. The number of ketones is 1. The molecule has 0 fully saturated rings. The second-order valence-corrected chi connectivity index (χ2v) is 4.38. The molecule has 0 aromatic heterocycles. The van der Waals surface area contributed by atoms with Gasteiger partial charge >= 0.3 is 5.97 Å². The van der Waals surface area contributed by atoms with Crippen LogP contribution in [0.1, 0.15) is 6.42 Å². The van der Waals surface area contributed by atoms with E-state index in [0.29, 0.717) is 5.75 Å². The van der Waals surface area contributed by atoms with Gasteiger partial charge in [0.1, 0.15) is 10.8 Å². The normalized spacial score (nSPS) is 21.9. The summed E-state index contributed by atoms with van der Waals surface area (Å²) in [5.74, 6) is -1.27. The van der Waals surface area contributed by atoms with E-state index >= 15 is 0 Å². The largest absolute Gasteiger partial charge is 0.496 e. The Bertz CT molecular complexity index is 551. The number of esters is 1. The summed E-state index contributed by atoms with van der Waals surface area (Å²) in [6.07, 6.45) is -0.542. The molecule has 1 N–H and O–H groups in total. The number of benzene rings is 1. The van der Waals surface area contributed by atoms with Crippen molar-refractivity contribution in [2.45, 2.75) is 12.0 Å². The first-order valence-corrected chi connectivity index (χ1v) is 5.84. The average molecular weight is 283 g/mol. The Hall–Kier alpha value is -1.85. The van der Waals surface area contributed by atoms with Crippen molar-refractivity contribution in [1.82, 2.24) is 0 Å². The van der Waals surface area contributed by atoms with Crippen LogP contribution in [0.3, 0.4) is 0 Å². The highest BCUT2D eigenvalue weighted by atomic mass is 35.5. The molecule has 0 heterocycles. The summed E-state index contributed by atoms with van der Waals surface area (Å²) in [7, 11) is 1.26. The van der Waals surface area contributed by atoms with Crippen molar-refractivity contribution in [3.8, 4) is 5.75 Å². The molecule has 6 heteroatoms. The van der Waals surface area contributed by atoms with Gasteiger partial charge in [-0.25, -0.2) is 0 Å². The summed E-state index contributed by atoms with van der Waals surface area (Å²) in [6, 6.07) is 8.34. The van der Waals surface area contributed by atoms with Crippen LogP contribution in [0.2, 0.25) is 0 Å². The van der Waals surface area contributed by atoms with E-state index in [-0.39, 0.29) is 10.8 Å². The number of carbonyl (C=O) groups is 2. The van der Waals surface area contributed by atoms with Crippen LogP contribution >= 0.6 is 11.6 Å². The molecule has 1 aliphatic rings. The summed E-state index contributed by atoms with van der Waals surface area (Å²) in [4.78, 5) is 23.2. The van der Waals surface area contributed by atoms with Crippen molar-refractivity contribution >= 4 is 23.4 Å². The smallest absolute Gasteiger partial charge is 0.315 e. The molecule has 1 aliphatic carbocycles. The number of ether oxygens (including phenoxy) is 2. The molecule has 100 valence electrons. The fraction of sp³-hybridized carbons (Fsp3) is 0.231. The quantitative estimate of drug-likeness (QED) is 0.667. The predicted octanol–water partition coefficient (Wildman–Crippen LogP) is 1.39. The first kappa shape index (κ1) is 13.6. The molecule has 0 saturated heterocycles. The Morgan fingerprint density at radius 1 is 1.37 bits per heavy atom. The van der Waals surface area contributed by atoms with Gasteiger partial charge in [-0.1, -0.05) is 29.8 Å². The SMILES string of the molecule is COC1=C(Cl)C(=O)C1(O)CC(=O)Oc1ccccc1. The Labute approximate surface area is 114 Å². The third kappa shape index (κ3) is 2.34. The van der Waals surface area contributed by atoms with E-state index < -0.39 is 23.8 Å². The molecule has 1 aromatic carbocycles. The molecule has 19 heavy (non-hydrogen) atoms. The van der Waals surface area contributed by atoms with Crippen molar-refractivity contribution in [1.29, 1.82) is 0 Å². The summed E-state index contributed by atoms with van der Waals surface area (Å²) < 4.78 is 9.79. The summed E-state index contributed by atoms with van der Waals surface area (Å²) in [5.41, 5.74) is -2.02. The minimum Gasteiger partial charge on any atom is -0.496 e. The van der Waals surface area contributed by atoms with Gasteiger partial charge in [-0.2, -0.15) is 0 Å². The standard InChI is InChI=1S/C13H11ClO5/c1-18-12-10(14)11(16)13(12,17)7-9(15)19-8-5-3-2-4-6-8/h2-6,17H,7H2,1H3. The fourth-order valence-electron chi connectivity index (χ4n) is 1.79. The van der Waals surface area contributed by atoms with Crippen LogP contribution in [0, 0.1) is 0 Å². The second kappa shape index (κ2) is 5.03. The molecule has 0 aliphatic heterocycles. The zero-order valence-corrected chi connectivity index (χ0v) is 10.8. The van der Waals surface area contributed by atoms with Crippen LogP contribution in [0.4, 0.5) is 0 Å². The van der Waals surface area contributed by atoms with Crippen molar-refractivity contribution in [3.05, 3.63) is 41.1 Å². The van der Waals surface area contributed by atoms with Crippen LogP contribution in [0.25, 0.3) is 0 Å². The molecule has 1 aromatic rings. The third-order valence-electron chi connectivity index (χ3n) is 2.73. The third-order valence-corrected chi connectivity index (χ3v) is 3.07. The number of hydrogen-bond acceptors (Lipinski definition) is 5. The predicted molar refractivity (Wildman–Crippen MR) is 66.5 cm³/mol. The van der Waals surface area contributed by atoms with Gasteiger partial charge in [0.15, 0.2) is 11.4 Å². The van der Waals surface area contributed by atoms with Gasteiger partial charge in [0.25, 0.3) is 0 Å². The number of methoxy groups -OCH3 is 1. The van der Waals surface area contributed by atoms with Crippen molar-refractivity contribution in [2.75, 3.05) is 7.11 Å². The first-order chi connectivity index (χ1) is 8.99. The van der Waals surface area contributed by atoms with Crippen LogP contribution in [-0.4, -0.2) is 29.6 Å². The number of carbonyl (C=O) groups excluding carboxylic acids is 2. The van der Waals surface area contributed by atoms with Crippen molar-refractivity contribution in [2.24, 2.45) is 0 Å². The highest BCUT2D eigenvalue weighted by Gasteiger charge is 2.55. The van der Waals surface area contributed by atoms with Crippen LogP contribution in [0.5, 0.6) is 5.75 Å². The Morgan fingerprint density at radius 2 is 2.00 bits per heavy atom. The molecule has 0 spiro atoms. The van der Waals surface area contributed by atoms with Crippen LogP contribution < -0.4 is 4.74 Å². The van der Waals surface area contributed by atoms with Gasteiger partial charge < -0.3 is 14.6 Å². The van der Waals surface area contributed by atoms with Gasteiger partial charge in [-0.15, -0.1) is 0 Å². The molecule has 1 unspecified atom stereocenters. The number of aliphatic hydroxyl groups is 1. The lowest BCUT2D eigenvalue weighted by Crippen LogP contribution is -2.52. The number of Topliss-reactive ketones (excluding diaryl/α,β-unsaturated/α-hetero) is 1. The maximum Gasteiger partial charge on any atom is 0.315 e. The Balaban J connectivity index is 2.06. The maximum absolute atomic E-state index is 11.7. The summed E-state index contributed by atoms with van der Waals surface area (Å²) >= 11 is 5.59. The van der Waals surface area contributed by atoms with E-state index in [1.165, 1.54) is 7.11 Å². The Kier molecular flexibility index (Phi) is 3.59. The zero-order valence-electron chi connectivity index (χ0n) is 10.1. The average Bonchev–Trinajstić information content (AvgIpc) is 2.39. The maximum atomic E-state index is 11.7. The molecular formula is C13H11ClO5. The number of hydrogen-bond donors (Lipinski definition) is 1. The highest BCUT2D eigenvalue weighted by molar-refractivity contribution is 6.47. The molecule has 1 atom stereocenters. The van der Waals surface area contributed by atoms with E-state index in [9.17, 15) is 14.7 Å². The lowest BCUT2D eigenvalue weighted by molar-refractivity contribution is -0.150. The molecule has 0 saturated carbocycles. The molecule has 0 amide bonds. The number of rotatable bonds is 4. The number of halogens is 1. The van der Waals surface area contributed by atoms with E-state index in [0.717, 1.165) is 0 Å². The van der Waals surface area contributed by atoms with E-state index in [1.54, 1.807) is 30.3 Å². The van der Waals surface area contributed by atoms with Crippen LogP contribution in [0.15, 0.2) is 41.1 Å². The molecule has 5 nitrogen and oxygen atoms in total. The minimum absolute atomic E-state index is 0.107. The number of para-hydroxylation sites is 1. The van der Waals surface area contributed by atoms with Crippen molar-refractivity contribution in [3.63, 3.8) is 0 Å². The first-order valence-electron chi connectivity index (χ1n) is 5.46. The topological polar surface area (TPSA) is 72.8 Å². The van der Waals surface area contributed by atoms with Gasteiger partial charge in [-0.3, -0.25) is 9.59 Å². The highest BCUT2D eigenvalue weighted by Crippen LogP contribution is 2.40. The molecule has 0 bridgehead atoms. The van der Waals surface area contributed by atoms with E-state index in [1.807, 2.05) is 0 Å². The van der Waals surface area contributed by atoms with E-state index in [4.69, 9.17) is 21.1 Å². The zero-order chi connectivity index (χ0) is 14.0. The van der Waals surface area contributed by atoms with Gasteiger partial charge in [0, 0.05) is 0 Å². The van der Waals surface area contributed by atoms with Gasteiger partial charge in [0.05, 0.1) is 13.5 Å². The minimum atomic E-state index is -2.02. The molecule has 0 radical (unpaired) electrons.